The highest BCUT2D eigenvalue weighted by atomic mass is 127. The maximum Gasteiger partial charge on any atom is 0.331 e. The Morgan fingerprint density at radius 1 is 1.22 bits per heavy atom. The van der Waals surface area contributed by atoms with E-state index in [0.717, 1.165) is 9.13 Å². The normalized spacial score (nSPS) is 11.8. The molecule has 0 spiro atoms. The Bertz CT molecular complexity index is 535. The largest absolute Gasteiger partial charge is 0.478 e. The lowest BCUT2D eigenvalue weighted by molar-refractivity contribution is -0.133. The number of rotatable bonds is 3. The Balaban J connectivity index is 2.92. The first-order chi connectivity index (χ1) is 8.32. The van der Waals surface area contributed by atoms with E-state index >= 15 is 0 Å². The SMILES string of the molecule is C/C(C(=O)O)=C(\C)C(=O)Nc1ccc(C)c(I)c1. The first kappa shape index (κ1) is 14.7. The molecule has 0 bridgehead atoms. The monoisotopic (exact) mass is 359 g/mol. The number of nitrogens with one attached hydrogen (secondary N) is 1. The van der Waals surface area contributed by atoms with Gasteiger partial charge >= 0.3 is 5.97 Å². The van der Waals surface area contributed by atoms with E-state index in [2.05, 4.69) is 27.9 Å². The average molecular weight is 359 g/mol. The van der Waals surface area contributed by atoms with Crippen molar-refractivity contribution in [1.82, 2.24) is 0 Å². The van der Waals surface area contributed by atoms with Gasteiger partial charge in [0.25, 0.3) is 5.91 Å². The predicted molar refractivity (Wildman–Crippen MR) is 78.5 cm³/mol. The summed E-state index contributed by atoms with van der Waals surface area (Å²) in [4.78, 5) is 22.6. The minimum atomic E-state index is -1.08. The molecule has 4 nitrogen and oxygen atoms in total. The molecule has 0 heterocycles. The van der Waals surface area contributed by atoms with Crippen LogP contribution >= 0.6 is 22.6 Å². The van der Waals surface area contributed by atoms with Gasteiger partial charge < -0.3 is 10.4 Å². The lowest BCUT2D eigenvalue weighted by atomic mass is 10.1. The summed E-state index contributed by atoms with van der Waals surface area (Å²) >= 11 is 2.18. The van der Waals surface area contributed by atoms with Gasteiger partial charge in [-0.2, -0.15) is 0 Å². The van der Waals surface area contributed by atoms with E-state index in [0.29, 0.717) is 5.69 Å². The van der Waals surface area contributed by atoms with Gasteiger partial charge in [-0.3, -0.25) is 4.79 Å². The van der Waals surface area contributed by atoms with E-state index in [1.807, 2.05) is 19.1 Å². The second-order valence-electron chi connectivity index (χ2n) is 3.97. The van der Waals surface area contributed by atoms with Gasteiger partial charge in [-0.15, -0.1) is 0 Å². The predicted octanol–water partition coefficient (Wildman–Crippen LogP) is 2.96. The molecule has 1 aromatic carbocycles. The minimum Gasteiger partial charge on any atom is -0.478 e. The summed E-state index contributed by atoms with van der Waals surface area (Å²) in [5.41, 5.74) is 2.04. The van der Waals surface area contributed by atoms with Crippen molar-refractivity contribution in [3.8, 4) is 0 Å². The van der Waals surface area contributed by atoms with Crippen LogP contribution in [0.1, 0.15) is 19.4 Å². The smallest absolute Gasteiger partial charge is 0.331 e. The third kappa shape index (κ3) is 3.56. The van der Waals surface area contributed by atoms with Crippen LogP contribution in [0.5, 0.6) is 0 Å². The topological polar surface area (TPSA) is 66.4 Å². The molecule has 1 aromatic rings. The molecule has 0 saturated carbocycles. The zero-order valence-corrected chi connectivity index (χ0v) is 12.5. The molecular formula is C13H14INO3. The van der Waals surface area contributed by atoms with Crippen LogP contribution in [0.2, 0.25) is 0 Å². The number of benzene rings is 1. The molecule has 0 fully saturated rings. The number of aryl methyl sites for hydroxylation is 1. The highest BCUT2D eigenvalue weighted by Gasteiger charge is 2.12. The van der Waals surface area contributed by atoms with E-state index in [9.17, 15) is 9.59 Å². The highest BCUT2D eigenvalue weighted by Crippen LogP contribution is 2.18. The minimum absolute atomic E-state index is 0.0503. The Hall–Kier alpha value is -1.37. The number of hydrogen-bond acceptors (Lipinski definition) is 2. The third-order valence-corrected chi connectivity index (χ3v) is 3.82. The first-order valence-electron chi connectivity index (χ1n) is 5.31. The zero-order valence-electron chi connectivity index (χ0n) is 10.4. The quantitative estimate of drug-likeness (QED) is 0.644. The van der Waals surface area contributed by atoms with Gasteiger partial charge in [-0.25, -0.2) is 4.79 Å². The van der Waals surface area contributed by atoms with Gasteiger partial charge in [0, 0.05) is 20.4 Å². The third-order valence-electron chi connectivity index (χ3n) is 2.65. The summed E-state index contributed by atoms with van der Waals surface area (Å²) in [6, 6.07) is 5.54. The number of carbonyl (C=O) groups excluding carboxylic acids is 1. The second kappa shape index (κ2) is 5.99. The first-order valence-corrected chi connectivity index (χ1v) is 6.39. The fourth-order valence-electron chi connectivity index (χ4n) is 1.23. The second-order valence-corrected chi connectivity index (χ2v) is 5.14. The number of aliphatic carboxylic acids is 1. The Morgan fingerprint density at radius 3 is 2.33 bits per heavy atom. The molecule has 18 heavy (non-hydrogen) atoms. The molecule has 0 aliphatic rings. The van der Waals surface area contributed by atoms with Crippen LogP contribution in [0.4, 0.5) is 5.69 Å². The lowest BCUT2D eigenvalue weighted by Crippen LogP contribution is -2.16. The molecule has 96 valence electrons. The van der Waals surface area contributed by atoms with Crippen molar-refractivity contribution in [2.45, 2.75) is 20.8 Å². The molecule has 0 unspecified atom stereocenters. The van der Waals surface area contributed by atoms with Crippen LogP contribution in [-0.2, 0) is 9.59 Å². The Morgan fingerprint density at radius 2 is 1.83 bits per heavy atom. The van der Waals surface area contributed by atoms with Crippen molar-refractivity contribution in [2.24, 2.45) is 0 Å². The number of halogens is 1. The Kier molecular flexibility index (Phi) is 4.89. The number of carboxylic acid groups (broad SMARTS) is 1. The van der Waals surface area contributed by atoms with Gasteiger partial charge in [0.15, 0.2) is 0 Å². The number of carboxylic acids is 1. The maximum absolute atomic E-state index is 11.8. The molecule has 1 rings (SSSR count). The van der Waals surface area contributed by atoms with E-state index in [1.54, 1.807) is 6.07 Å². The molecule has 0 radical (unpaired) electrons. The Labute approximate surface area is 119 Å². The van der Waals surface area contributed by atoms with Crippen molar-refractivity contribution >= 4 is 40.2 Å². The molecule has 0 aromatic heterocycles. The number of carbonyl (C=O) groups is 2. The molecule has 0 atom stereocenters. The molecule has 0 aliphatic carbocycles. The summed E-state index contributed by atoms with van der Waals surface area (Å²) in [5.74, 6) is -1.48. The van der Waals surface area contributed by atoms with Crippen molar-refractivity contribution in [3.05, 3.63) is 38.5 Å². The van der Waals surface area contributed by atoms with Gasteiger partial charge in [0.05, 0.1) is 0 Å². The maximum atomic E-state index is 11.8. The van der Waals surface area contributed by atoms with Gasteiger partial charge in [-0.05, 0) is 61.1 Å². The van der Waals surface area contributed by atoms with E-state index in [-0.39, 0.29) is 11.1 Å². The van der Waals surface area contributed by atoms with Crippen molar-refractivity contribution in [2.75, 3.05) is 5.32 Å². The fourth-order valence-corrected chi connectivity index (χ4v) is 1.74. The molecule has 0 aliphatic heterocycles. The van der Waals surface area contributed by atoms with Crippen LogP contribution in [0.25, 0.3) is 0 Å². The van der Waals surface area contributed by atoms with E-state index < -0.39 is 11.9 Å². The van der Waals surface area contributed by atoms with Crippen LogP contribution < -0.4 is 5.32 Å². The summed E-state index contributed by atoms with van der Waals surface area (Å²) in [5, 5.41) is 11.5. The molecule has 1 amide bonds. The summed E-state index contributed by atoms with van der Waals surface area (Å²) in [7, 11) is 0. The van der Waals surface area contributed by atoms with E-state index in [1.165, 1.54) is 13.8 Å². The van der Waals surface area contributed by atoms with Crippen molar-refractivity contribution < 1.29 is 14.7 Å². The molecule has 2 N–H and O–H groups in total. The number of hydrogen-bond donors (Lipinski definition) is 2. The van der Waals surface area contributed by atoms with Crippen LogP contribution in [0.3, 0.4) is 0 Å². The van der Waals surface area contributed by atoms with Gasteiger partial charge in [-0.1, -0.05) is 6.07 Å². The van der Waals surface area contributed by atoms with Crippen LogP contribution in [-0.4, -0.2) is 17.0 Å². The standard InChI is InChI=1S/C13H14INO3/c1-7-4-5-10(6-11(7)14)15-12(16)8(2)9(3)13(17)18/h4-6H,1-3H3,(H,15,16)(H,17,18)/b9-8-. The number of anilines is 1. The van der Waals surface area contributed by atoms with Crippen LogP contribution in [0.15, 0.2) is 29.3 Å². The van der Waals surface area contributed by atoms with E-state index in [4.69, 9.17) is 5.11 Å². The molecule has 0 saturated heterocycles. The molecule has 5 heteroatoms. The lowest BCUT2D eigenvalue weighted by Gasteiger charge is -2.08. The average Bonchev–Trinajstić information content (AvgIpc) is 2.31. The fraction of sp³-hybridized carbons (Fsp3) is 0.231. The molecular weight excluding hydrogens is 345 g/mol. The van der Waals surface area contributed by atoms with Crippen molar-refractivity contribution in [1.29, 1.82) is 0 Å². The van der Waals surface area contributed by atoms with Gasteiger partial charge in [0.1, 0.15) is 0 Å². The van der Waals surface area contributed by atoms with Crippen LogP contribution in [0, 0.1) is 10.5 Å². The summed E-state index contributed by atoms with van der Waals surface area (Å²) < 4.78 is 1.04. The van der Waals surface area contributed by atoms with Gasteiger partial charge in [0.2, 0.25) is 0 Å². The summed E-state index contributed by atoms with van der Waals surface area (Å²) in [6.45, 7) is 4.89. The summed E-state index contributed by atoms with van der Waals surface area (Å²) in [6.07, 6.45) is 0. The highest BCUT2D eigenvalue weighted by molar-refractivity contribution is 14.1. The van der Waals surface area contributed by atoms with Crippen molar-refractivity contribution in [3.63, 3.8) is 0 Å². The number of amides is 1. The zero-order chi connectivity index (χ0) is 13.9.